The Balaban J connectivity index is 3.17. The molecule has 1 rings (SSSR count). The molecule has 0 fully saturated rings. The first-order valence-corrected chi connectivity index (χ1v) is 2.79. The summed E-state index contributed by atoms with van der Waals surface area (Å²) in [6, 6.07) is 8.75. The Morgan fingerprint density at radius 2 is 2.00 bits per heavy atom. The molecular formula is C9H4N. The molecule has 1 heteroatoms. The van der Waals surface area contributed by atoms with Crippen molar-refractivity contribution in [3.63, 3.8) is 0 Å². The van der Waals surface area contributed by atoms with E-state index in [-0.39, 0.29) is 0 Å². The highest BCUT2D eigenvalue weighted by Gasteiger charge is 1.88. The molecule has 0 amide bonds. The normalized spacial score (nSPS) is 7.80. The van der Waals surface area contributed by atoms with Crippen molar-refractivity contribution in [1.82, 2.24) is 0 Å². The zero-order valence-corrected chi connectivity index (χ0v) is 5.26. The summed E-state index contributed by atoms with van der Waals surface area (Å²) in [6.45, 7) is 0. The predicted octanol–water partition coefficient (Wildman–Crippen LogP) is 1.50. The molecule has 0 aliphatic carbocycles. The fourth-order valence-electron chi connectivity index (χ4n) is 0.666. The lowest BCUT2D eigenvalue weighted by Gasteiger charge is -1.87. The summed E-state index contributed by atoms with van der Waals surface area (Å²) in [6.07, 6.45) is 6.76. The number of rotatable bonds is 0. The Kier molecular flexibility index (Phi) is 1.73. The van der Waals surface area contributed by atoms with Gasteiger partial charge in [0.15, 0.2) is 0 Å². The highest BCUT2D eigenvalue weighted by molar-refractivity contribution is 5.39. The van der Waals surface area contributed by atoms with Gasteiger partial charge in [0.1, 0.15) is 0 Å². The molecule has 0 aliphatic rings. The van der Waals surface area contributed by atoms with Crippen LogP contribution in [-0.4, -0.2) is 0 Å². The average Bonchev–Trinajstić information content (AvgIpc) is 2.05. The van der Waals surface area contributed by atoms with E-state index in [2.05, 4.69) is 5.92 Å². The Morgan fingerprint density at radius 1 is 1.30 bits per heavy atom. The number of nitriles is 1. The highest BCUT2D eigenvalue weighted by Crippen LogP contribution is 2.01. The van der Waals surface area contributed by atoms with E-state index in [1.54, 1.807) is 24.3 Å². The third-order valence-electron chi connectivity index (χ3n) is 1.14. The van der Waals surface area contributed by atoms with Gasteiger partial charge in [0, 0.05) is 5.56 Å². The standard InChI is InChI=1S/C9H4N/c1-2-8-4-3-5-9(6-8)7-10/h3-6H. The maximum absolute atomic E-state index is 8.42. The van der Waals surface area contributed by atoms with E-state index in [0.717, 1.165) is 0 Å². The molecule has 0 saturated carbocycles. The molecule has 0 aliphatic heterocycles. The van der Waals surface area contributed by atoms with E-state index in [1.807, 2.05) is 6.07 Å². The summed E-state index contributed by atoms with van der Waals surface area (Å²) >= 11 is 0. The van der Waals surface area contributed by atoms with Crippen molar-refractivity contribution in [2.75, 3.05) is 0 Å². The van der Waals surface area contributed by atoms with Crippen molar-refractivity contribution < 1.29 is 0 Å². The van der Waals surface area contributed by atoms with Crippen molar-refractivity contribution in [3.05, 3.63) is 41.8 Å². The second-order valence-corrected chi connectivity index (χ2v) is 1.82. The number of hydrogen-bond acceptors (Lipinski definition) is 1. The lowest BCUT2D eigenvalue weighted by atomic mass is 10.1. The van der Waals surface area contributed by atoms with Crippen LogP contribution in [0.5, 0.6) is 0 Å². The Bertz CT molecular complexity index is 283. The molecule has 0 unspecified atom stereocenters. The van der Waals surface area contributed by atoms with Gasteiger partial charge in [0.2, 0.25) is 0 Å². The largest absolute Gasteiger partial charge is 0.192 e. The SMILES string of the molecule is [C]#Cc1cccc(C#N)c1. The van der Waals surface area contributed by atoms with E-state index in [9.17, 15) is 0 Å². The highest BCUT2D eigenvalue weighted by atomic mass is 14.2. The van der Waals surface area contributed by atoms with Gasteiger partial charge in [-0.05, 0) is 24.6 Å². The van der Waals surface area contributed by atoms with Crippen LogP contribution < -0.4 is 0 Å². The van der Waals surface area contributed by atoms with Crippen LogP contribution in [0.4, 0.5) is 0 Å². The molecule has 1 aromatic rings. The fourth-order valence-corrected chi connectivity index (χ4v) is 0.666. The summed E-state index contributed by atoms with van der Waals surface area (Å²) in [5.41, 5.74) is 1.20. The van der Waals surface area contributed by atoms with E-state index in [4.69, 9.17) is 11.7 Å². The monoisotopic (exact) mass is 126 g/mol. The molecule has 0 aromatic heterocycles. The number of nitrogens with zero attached hydrogens (tertiary/aromatic N) is 1. The van der Waals surface area contributed by atoms with Gasteiger partial charge in [-0.2, -0.15) is 5.26 Å². The molecule has 0 spiro atoms. The molecule has 1 nitrogen and oxygen atoms in total. The maximum Gasteiger partial charge on any atom is 0.0992 e. The first-order chi connectivity index (χ1) is 4.86. The molecule has 0 atom stereocenters. The smallest absolute Gasteiger partial charge is 0.0992 e. The maximum atomic E-state index is 8.42. The van der Waals surface area contributed by atoms with Crippen LogP contribution in [0.3, 0.4) is 0 Å². The molecular weight excluding hydrogens is 122 g/mol. The van der Waals surface area contributed by atoms with Gasteiger partial charge in [-0.3, -0.25) is 0 Å². The van der Waals surface area contributed by atoms with E-state index in [0.29, 0.717) is 11.1 Å². The first-order valence-electron chi connectivity index (χ1n) is 2.79. The summed E-state index contributed by atoms with van der Waals surface area (Å²) in [7, 11) is 0. The van der Waals surface area contributed by atoms with Gasteiger partial charge < -0.3 is 0 Å². The molecule has 0 bridgehead atoms. The average molecular weight is 126 g/mol. The van der Waals surface area contributed by atoms with E-state index in [1.165, 1.54) is 0 Å². The molecule has 10 heavy (non-hydrogen) atoms. The van der Waals surface area contributed by atoms with Crippen LogP contribution in [0.1, 0.15) is 11.1 Å². The lowest BCUT2D eigenvalue weighted by molar-refractivity contribution is 1.48. The lowest BCUT2D eigenvalue weighted by Crippen LogP contribution is -1.75. The molecule has 0 N–H and O–H groups in total. The van der Waals surface area contributed by atoms with Gasteiger partial charge in [0.25, 0.3) is 0 Å². The van der Waals surface area contributed by atoms with Crippen molar-refractivity contribution >= 4 is 0 Å². The minimum atomic E-state index is 0.567. The predicted molar refractivity (Wildman–Crippen MR) is 37.4 cm³/mol. The van der Waals surface area contributed by atoms with E-state index >= 15 is 0 Å². The second-order valence-electron chi connectivity index (χ2n) is 1.82. The minimum absolute atomic E-state index is 0.567. The molecule has 0 saturated heterocycles. The van der Waals surface area contributed by atoms with Gasteiger partial charge >= 0.3 is 0 Å². The number of hydrogen-bond donors (Lipinski definition) is 0. The summed E-state index contributed by atoms with van der Waals surface area (Å²) in [4.78, 5) is 0. The van der Waals surface area contributed by atoms with Gasteiger partial charge in [-0.15, -0.1) is 0 Å². The first kappa shape index (κ1) is 6.39. The molecule has 45 valence electrons. The van der Waals surface area contributed by atoms with Crippen molar-refractivity contribution in [1.29, 1.82) is 5.26 Å². The van der Waals surface area contributed by atoms with Gasteiger partial charge in [-0.1, -0.05) is 12.0 Å². The van der Waals surface area contributed by atoms with Crippen LogP contribution >= 0.6 is 0 Å². The molecule has 0 heterocycles. The topological polar surface area (TPSA) is 23.8 Å². The third kappa shape index (κ3) is 1.16. The van der Waals surface area contributed by atoms with Crippen LogP contribution in [0.15, 0.2) is 24.3 Å². The van der Waals surface area contributed by atoms with Gasteiger partial charge in [-0.25, -0.2) is 0 Å². The summed E-state index contributed by atoms with van der Waals surface area (Å²) < 4.78 is 0. The van der Waals surface area contributed by atoms with Crippen LogP contribution in [0.25, 0.3) is 0 Å². The van der Waals surface area contributed by atoms with Gasteiger partial charge in [0.05, 0.1) is 11.6 Å². The summed E-state index contributed by atoms with van der Waals surface area (Å²) in [5, 5.41) is 8.42. The Labute approximate surface area is 59.9 Å². The minimum Gasteiger partial charge on any atom is -0.192 e. The quantitative estimate of drug-likeness (QED) is 0.483. The van der Waals surface area contributed by atoms with Crippen LogP contribution in [0, 0.1) is 23.7 Å². The van der Waals surface area contributed by atoms with Crippen molar-refractivity contribution in [3.8, 4) is 12.0 Å². The zero-order valence-electron chi connectivity index (χ0n) is 5.26. The summed E-state index contributed by atoms with van der Waals surface area (Å²) in [5.74, 6) is 2.20. The second kappa shape index (κ2) is 2.71. The fraction of sp³-hybridized carbons (Fsp3) is 0. The van der Waals surface area contributed by atoms with Crippen LogP contribution in [-0.2, 0) is 0 Å². The van der Waals surface area contributed by atoms with E-state index < -0.39 is 0 Å². The van der Waals surface area contributed by atoms with Crippen molar-refractivity contribution in [2.24, 2.45) is 0 Å². The Morgan fingerprint density at radius 3 is 2.60 bits per heavy atom. The molecule has 1 radical (unpaired) electrons. The van der Waals surface area contributed by atoms with Crippen LogP contribution in [0.2, 0.25) is 0 Å². The number of benzene rings is 1. The molecule has 1 aromatic carbocycles. The third-order valence-corrected chi connectivity index (χ3v) is 1.14. The Hall–Kier alpha value is -1.73. The van der Waals surface area contributed by atoms with Crippen molar-refractivity contribution in [2.45, 2.75) is 0 Å². The zero-order chi connectivity index (χ0) is 7.40.